The number of carbonyl (C=O) groups excluding carboxylic acids is 1. The van der Waals surface area contributed by atoms with E-state index in [4.69, 9.17) is 14.9 Å². The maximum atomic E-state index is 13.7. The zero-order valence-electron chi connectivity index (χ0n) is 9.29. The van der Waals surface area contributed by atoms with Crippen molar-refractivity contribution in [1.82, 2.24) is 10.2 Å². The smallest absolute Gasteiger partial charge is 0.321 e. The molecule has 0 bridgehead atoms. The molecule has 2 rings (SSSR count). The SMILES string of the molecule is O=C1N[C@@H](O)CCN1[C@@H]1OC(CO)[C@@H](O)C1(F)F. The molecule has 0 aromatic rings. The van der Waals surface area contributed by atoms with Gasteiger partial charge in [0.2, 0.25) is 6.23 Å². The van der Waals surface area contributed by atoms with Gasteiger partial charge >= 0.3 is 12.0 Å². The molecule has 0 radical (unpaired) electrons. The molecule has 0 saturated carbocycles. The van der Waals surface area contributed by atoms with E-state index in [2.05, 4.69) is 5.32 Å². The van der Waals surface area contributed by atoms with Crippen molar-refractivity contribution < 1.29 is 33.6 Å². The maximum Gasteiger partial charge on any atom is 0.321 e. The number of alkyl halides is 2. The molecule has 18 heavy (non-hydrogen) atoms. The first-order chi connectivity index (χ1) is 8.37. The van der Waals surface area contributed by atoms with Crippen LogP contribution in [0.1, 0.15) is 6.42 Å². The number of amides is 2. The predicted molar refractivity (Wildman–Crippen MR) is 52.6 cm³/mol. The van der Waals surface area contributed by atoms with Crippen LogP contribution in [-0.2, 0) is 4.74 Å². The third-order valence-electron chi connectivity index (χ3n) is 3.04. The molecule has 0 aliphatic carbocycles. The highest BCUT2D eigenvalue weighted by Crippen LogP contribution is 2.38. The molecular weight excluding hydrogens is 254 g/mol. The Morgan fingerprint density at radius 1 is 1.50 bits per heavy atom. The largest absolute Gasteiger partial charge is 0.394 e. The van der Waals surface area contributed by atoms with Crippen LogP contribution in [0.15, 0.2) is 0 Å². The second-order valence-corrected chi connectivity index (χ2v) is 4.28. The summed E-state index contributed by atoms with van der Waals surface area (Å²) in [6.07, 6.45) is -6.57. The summed E-state index contributed by atoms with van der Waals surface area (Å²) >= 11 is 0. The third-order valence-corrected chi connectivity index (χ3v) is 3.04. The average molecular weight is 268 g/mol. The van der Waals surface area contributed by atoms with Gasteiger partial charge in [0.25, 0.3) is 0 Å². The molecule has 2 aliphatic heterocycles. The van der Waals surface area contributed by atoms with Crippen molar-refractivity contribution in [3.8, 4) is 0 Å². The van der Waals surface area contributed by atoms with E-state index in [9.17, 15) is 18.7 Å². The van der Waals surface area contributed by atoms with E-state index in [1.165, 1.54) is 0 Å². The van der Waals surface area contributed by atoms with Gasteiger partial charge in [-0.2, -0.15) is 8.78 Å². The summed E-state index contributed by atoms with van der Waals surface area (Å²) in [6, 6.07) is -0.899. The number of aliphatic hydroxyl groups is 3. The Morgan fingerprint density at radius 2 is 2.17 bits per heavy atom. The lowest BCUT2D eigenvalue weighted by atomic mass is 10.1. The first-order valence-corrected chi connectivity index (χ1v) is 5.45. The first-order valence-electron chi connectivity index (χ1n) is 5.45. The molecule has 0 spiro atoms. The summed E-state index contributed by atoms with van der Waals surface area (Å²) in [5.74, 6) is -3.67. The molecule has 4 N–H and O–H groups in total. The van der Waals surface area contributed by atoms with E-state index in [-0.39, 0.29) is 13.0 Å². The number of hydrogen-bond acceptors (Lipinski definition) is 5. The van der Waals surface area contributed by atoms with Crippen LogP contribution in [0.5, 0.6) is 0 Å². The molecule has 2 amide bonds. The van der Waals surface area contributed by atoms with E-state index in [1.54, 1.807) is 0 Å². The molecular formula is C9H14F2N2O5. The van der Waals surface area contributed by atoms with Gasteiger partial charge in [-0.05, 0) is 0 Å². The van der Waals surface area contributed by atoms with Gasteiger partial charge in [-0.25, -0.2) is 4.79 Å². The second-order valence-electron chi connectivity index (χ2n) is 4.28. The van der Waals surface area contributed by atoms with E-state index in [0.717, 1.165) is 0 Å². The van der Waals surface area contributed by atoms with Crippen LogP contribution < -0.4 is 5.32 Å². The third kappa shape index (κ3) is 2.03. The van der Waals surface area contributed by atoms with Crippen LogP contribution in [0.4, 0.5) is 13.6 Å². The Kier molecular flexibility index (Phi) is 3.41. The minimum atomic E-state index is -3.67. The number of rotatable bonds is 2. The number of hydrogen-bond donors (Lipinski definition) is 4. The lowest BCUT2D eigenvalue weighted by molar-refractivity contribution is -0.159. The fraction of sp³-hybridized carbons (Fsp3) is 0.889. The van der Waals surface area contributed by atoms with E-state index < -0.39 is 43.2 Å². The molecule has 0 aromatic heterocycles. The fourth-order valence-corrected chi connectivity index (χ4v) is 2.03. The molecule has 1 unspecified atom stereocenters. The van der Waals surface area contributed by atoms with Crippen molar-refractivity contribution in [2.75, 3.05) is 13.2 Å². The predicted octanol–water partition coefficient (Wildman–Crippen LogP) is -1.57. The van der Waals surface area contributed by atoms with E-state index in [0.29, 0.717) is 4.90 Å². The molecule has 2 fully saturated rings. The van der Waals surface area contributed by atoms with Crippen molar-refractivity contribution in [2.45, 2.75) is 37.0 Å². The van der Waals surface area contributed by atoms with Crippen LogP contribution in [0, 0.1) is 0 Å². The Labute approximate surface area is 101 Å². The van der Waals surface area contributed by atoms with Gasteiger partial charge in [-0.1, -0.05) is 0 Å². The molecule has 4 atom stereocenters. The Morgan fingerprint density at radius 3 is 2.67 bits per heavy atom. The summed E-state index contributed by atoms with van der Waals surface area (Å²) in [5.41, 5.74) is 0. The minimum Gasteiger partial charge on any atom is -0.394 e. The topological polar surface area (TPSA) is 102 Å². The van der Waals surface area contributed by atoms with Gasteiger partial charge in [0.15, 0.2) is 6.10 Å². The van der Waals surface area contributed by atoms with Crippen molar-refractivity contribution >= 4 is 6.03 Å². The highest BCUT2D eigenvalue weighted by molar-refractivity contribution is 5.75. The van der Waals surface area contributed by atoms with Crippen molar-refractivity contribution in [1.29, 1.82) is 0 Å². The Hall–Kier alpha value is -1.03. The number of nitrogens with zero attached hydrogens (tertiary/aromatic N) is 1. The number of halogens is 2. The van der Waals surface area contributed by atoms with Crippen LogP contribution in [0.25, 0.3) is 0 Å². The molecule has 104 valence electrons. The van der Waals surface area contributed by atoms with Gasteiger partial charge in [0.1, 0.15) is 12.3 Å². The highest BCUT2D eigenvalue weighted by Gasteiger charge is 2.61. The summed E-state index contributed by atoms with van der Waals surface area (Å²) in [5, 5.41) is 29.3. The molecule has 7 nitrogen and oxygen atoms in total. The van der Waals surface area contributed by atoms with Crippen molar-refractivity contribution in [3.63, 3.8) is 0 Å². The van der Waals surface area contributed by atoms with Crippen LogP contribution in [-0.4, -0.2) is 70.0 Å². The minimum absolute atomic E-state index is 0.0710. The second kappa shape index (κ2) is 4.57. The maximum absolute atomic E-state index is 13.7. The zero-order valence-corrected chi connectivity index (χ0v) is 9.29. The van der Waals surface area contributed by atoms with Crippen LogP contribution in [0.3, 0.4) is 0 Å². The Bertz CT molecular complexity index is 343. The molecule has 2 aliphatic rings. The lowest BCUT2D eigenvalue weighted by Gasteiger charge is -2.36. The van der Waals surface area contributed by atoms with Gasteiger partial charge in [-0.15, -0.1) is 0 Å². The van der Waals surface area contributed by atoms with Crippen molar-refractivity contribution in [2.24, 2.45) is 0 Å². The molecule has 2 saturated heterocycles. The highest BCUT2D eigenvalue weighted by atomic mass is 19.3. The summed E-state index contributed by atoms with van der Waals surface area (Å²) in [7, 11) is 0. The number of aliphatic hydroxyl groups excluding tert-OH is 3. The normalized spacial score (nSPS) is 39.8. The zero-order chi connectivity index (χ0) is 13.5. The standard InChI is InChI=1S/C9H14F2N2O5/c10-9(11)6(16)4(3-14)18-7(9)13-2-1-5(15)12-8(13)17/h4-7,14-16H,1-3H2,(H,12,17)/t4?,5-,6+,7+/m0/s1. The molecule has 2 heterocycles. The van der Waals surface area contributed by atoms with E-state index in [1.807, 2.05) is 0 Å². The van der Waals surface area contributed by atoms with E-state index >= 15 is 0 Å². The first kappa shape index (κ1) is 13.4. The van der Waals surface area contributed by atoms with Gasteiger partial charge in [-0.3, -0.25) is 4.90 Å². The van der Waals surface area contributed by atoms with Crippen LogP contribution in [0.2, 0.25) is 0 Å². The molecule has 9 heteroatoms. The summed E-state index contributed by atoms with van der Waals surface area (Å²) in [6.45, 7) is -0.899. The monoisotopic (exact) mass is 268 g/mol. The molecule has 0 aromatic carbocycles. The number of urea groups is 1. The number of nitrogens with one attached hydrogen (secondary N) is 1. The summed E-state index contributed by atoms with van der Waals surface area (Å²) < 4.78 is 32.3. The lowest BCUT2D eigenvalue weighted by Crippen LogP contribution is -2.59. The Balaban J connectivity index is 2.15. The van der Waals surface area contributed by atoms with Gasteiger partial charge in [0, 0.05) is 13.0 Å². The number of ether oxygens (including phenoxy) is 1. The fourth-order valence-electron chi connectivity index (χ4n) is 2.03. The van der Waals surface area contributed by atoms with Gasteiger partial charge in [0.05, 0.1) is 6.61 Å². The van der Waals surface area contributed by atoms with Crippen LogP contribution >= 0.6 is 0 Å². The van der Waals surface area contributed by atoms with Crippen molar-refractivity contribution in [3.05, 3.63) is 0 Å². The number of carbonyl (C=O) groups is 1. The quantitative estimate of drug-likeness (QED) is 0.485. The summed E-state index contributed by atoms with van der Waals surface area (Å²) in [4.78, 5) is 12.2. The average Bonchev–Trinajstić information content (AvgIpc) is 2.52. The van der Waals surface area contributed by atoms with Gasteiger partial charge < -0.3 is 25.4 Å².